The SMILES string of the molecule is CC/C=C\C/C=C\C/C=C\C/C=C\C/C=C\C/C=C\C/C=C\CCCCCCCCCCCCCC(=O)NC(COP(=O)([O-])OCC[N+](C)(C)C)C(O)/C=C/CC/C=C/CC/C=C/CCCCCCCC. The fourth-order valence-electron chi connectivity index (χ4n) is 7.46. The van der Waals surface area contributed by atoms with E-state index in [2.05, 4.69) is 129 Å². The lowest BCUT2D eigenvalue weighted by atomic mass is 10.0. The molecule has 0 aromatic heterocycles. The number of unbranched alkanes of at least 4 members (excludes halogenated alkanes) is 19. The number of carbonyl (C=O) groups excluding carboxylic acids is 1. The van der Waals surface area contributed by atoms with Gasteiger partial charge in [0.05, 0.1) is 39.9 Å². The molecule has 0 fully saturated rings. The monoisotopic (exact) mass is 1010 g/mol. The Morgan fingerprint density at radius 1 is 0.507 bits per heavy atom. The topological polar surface area (TPSA) is 108 Å². The zero-order valence-electron chi connectivity index (χ0n) is 46.1. The van der Waals surface area contributed by atoms with Crippen molar-refractivity contribution in [2.75, 3.05) is 40.9 Å². The minimum absolute atomic E-state index is 0.0154. The van der Waals surface area contributed by atoms with Crippen LogP contribution in [0.3, 0.4) is 0 Å². The van der Waals surface area contributed by atoms with Gasteiger partial charge in [-0.1, -0.05) is 225 Å². The Labute approximate surface area is 437 Å². The third-order valence-electron chi connectivity index (χ3n) is 11.9. The minimum Gasteiger partial charge on any atom is -0.756 e. The van der Waals surface area contributed by atoms with E-state index in [0.29, 0.717) is 17.4 Å². The molecule has 0 aliphatic heterocycles. The normalized spacial score (nSPS) is 14.9. The van der Waals surface area contributed by atoms with Crippen LogP contribution in [0.2, 0.25) is 0 Å². The van der Waals surface area contributed by atoms with E-state index in [1.807, 2.05) is 27.2 Å². The van der Waals surface area contributed by atoms with E-state index in [-0.39, 0.29) is 12.5 Å². The Kier molecular flexibility index (Phi) is 49.5. The maximum Gasteiger partial charge on any atom is 0.268 e. The molecule has 71 heavy (non-hydrogen) atoms. The second-order valence-corrected chi connectivity index (χ2v) is 21.3. The molecule has 0 aromatic rings. The van der Waals surface area contributed by atoms with Crippen LogP contribution in [0.15, 0.2) is 122 Å². The summed E-state index contributed by atoms with van der Waals surface area (Å²) in [5.41, 5.74) is 0. The number of quaternary nitrogens is 1. The predicted octanol–water partition coefficient (Wildman–Crippen LogP) is 16.7. The van der Waals surface area contributed by atoms with Gasteiger partial charge in [0.25, 0.3) is 7.82 Å². The molecule has 0 aromatic carbocycles. The third-order valence-corrected chi connectivity index (χ3v) is 12.8. The highest BCUT2D eigenvalue weighted by atomic mass is 31.2. The van der Waals surface area contributed by atoms with E-state index in [1.165, 1.54) is 96.3 Å². The van der Waals surface area contributed by atoms with Gasteiger partial charge < -0.3 is 28.8 Å². The summed E-state index contributed by atoms with van der Waals surface area (Å²) in [6.45, 7) is 4.48. The van der Waals surface area contributed by atoms with Crippen molar-refractivity contribution in [3.05, 3.63) is 122 Å². The highest BCUT2D eigenvalue weighted by Crippen LogP contribution is 2.38. The van der Waals surface area contributed by atoms with E-state index >= 15 is 0 Å². The second-order valence-electron chi connectivity index (χ2n) is 19.9. The van der Waals surface area contributed by atoms with Crippen molar-refractivity contribution in [2.24, 2.45) is 0 Å². The fourth-order valence-corrected chi connectivity index (χ4v) is 8.18. The van der Waals surface area contributed by atoms with Gasteiger partial charge >= 0.3 is 0 Å². The first-order valence-electron chi connectivity index (χ1n) is 28.4. The highest BCUT2D eigenvalue weighted by Gasteiger charge is 2.23. The molecule has 0 rings (SSSR count). The molecule has 0 aliphatic carbocycles. The molecule has 406 valence electrons. The molecular formula is C62H107N2O6P. The maximum atomic E-state index is 12.9. The largest absolute Gasteiger partial charge is 0.756 e. The van der Waals surface area contributed by atoms with Crippen LogP contribution in [0.1, 0.15) is 213 Å². The number of nitrogens with one attached hydrogen (secondary N) is 1. The van der Waals surface area contributed by atoms with Crippen LogP contribution in [-0.4, -0.2) is 68.5 Å². The van der Waals surface area contributed by atoms with Gasteiger partial charge in [0.1, 0.15) is 13.2 Å². The number of aliphatic hydroxyl groups excluding tert-OH is 1. The van der Waals surface area contributed by atoms with Gasteiger partial charge in [-0.2, -0.15) is 0 Å². The molecule has 0 heterocycles. The summed E-state index contributed by atoms with van der Waals surface area (Å²) in [5, 5.41) is 13.8. The van der Waals surface area contributed by atoms with E-state index < -0.39 is 26.6 Å². The molecule has 0 saturated carbocycles. The van der Waals surface area contributed by atoms with Crippen LogP contribution < -0.4 is 10.2 Å². The molecular weight excluding hydrogens is 900 g/mol. The third kappa shape index (κ3) is 54.5. The Balaban J connectivity index is 4.22. The number of likely N-dealkylation sites (N-methyl/N-ethyl adjacent to an activating group) is 1. The molecule has 0 saturated heterocycles. The van der Waals surface area contributed by atoms with Crippen molar-refractivity contribution in [3.8, 4) is 0 Å². The number of nitrogens with zero attached hydrogens (tertiary/aromatic N) is 1. The number of rotatable bonds is 50. The fraction of sp³-hybridized carbons (Fsp3) is 0.661. The summed E-state index contributed by atoms with van der Waals surface area (Å²) in [5.74, 6) is -0.220. The Morgan fingerprint density at radius 2 is 0.873 bits per heavy atom. The quantitative estimate of drug-likeness (QED) is 0.0272. The first-order chi connectivity index (χ1) is 34.5. The average Bonchev–Trinajstić information content (AvgIpc) is 3.33. The van der Waals surface area contributed by atoms with Crippen molar-refractivity contribution < 1.29 is 32.9 Å². The van der Waals surface area contributed by atoms with Gasteiger partial charge in [0, 0.05) is 6.42 Å². The van der Waals surface area contributed by atoms with E-state index in [4.69, 9.17) is 9.05 Å². The van der Waals surface area contributed by atoms with E-state index in [1.54, 1.807) is 6.08 Å². The zero-order chi connectivity index (χ0) is 52.0. The molecule has 0 radical (unpaired) electrons. The molecule has 9 heteroatoms. The minimum atomic E-state index is -4.62. The van der Waals surface area contributed by atoms with Gasteiger partial charge in [-0.25, -0.2) is 0 Å². The van der Waals surface area contributed by atoms with Gasteiger partial charge in [0.2, 0.25) is 5.91 Å². The average molecular weight is 1010 g/mol. The summed E-state index contributed by atoms with van der Waals surface area (Å²) in [7, 11) is 1.22. The Bertz CT molecular complexity index is 1560. The van der Waals surface area contributed by atoms with Crippen LogP contribution in [-0.2, 0) is 18.4 Å². The number of phosphoric acid groups is 1. The summed E-state index contributed by atoms with van der Waals surface area (Å²) in [4.78, 5) is 25.5. The first kappa shape index (κ1) is 67.9. The van der Waals surface area contributed by atoms with Gasteiger partial charge in [-0.15, -0.1) is 0 Å². The number of hydrogen-bond acceptors (Lipinski definition) is 6. The number of carbonyl (C=O) groups is 1. The van der Waals surface area contributed by atoms with Crippen LogP contribution in [0.4, 0.5) is 0 Å². The van der Waals surface area contributed by atoms with E-state index in [0.717, 1.165) is 96.3 Å². The number of phosphoric ester groups is 1. The molecule has 2 N–H and O–H groups in total. The summed E-state index contributed by atoms with van der Waals surface area (Å²) in [6.07, 6.45) is 77.0. The van der Waals surface area contributed by atoms with Crippen molar-refractivity contribution >= 4 is 13.7 Å². The lowest BCUT2D eigenvalue weighted by Gasteiger charge is -2.29. The molecule has 1 amide bonds. The number of aliphatic hydroxyl groups is 1. The predicted molar refractivity (Wildman–Crippen MR) is 306 cm³/mol. The van der Waals surface area contributed by atoms with E-state index in [9.17, 15) is 19.4 Å². The van der Waals surface area contributed by atoms with Crippen molar-refractivity contribution in [3.63, 3.8) is 0 Å². The smallest absolute Gasteiger partial charge is 0.268 e. The van der Waals surface area contributed by atoms with Crippen LogP contribution in [0, 0.1) is 0 Å². The zero-order valence-corrected chi connectivity index (χ0v) is 47.0. The molecule has 3 unspecified atom stereocenters. The molecule has 0 aliphatic rings. The number of hydrogen-bond donors (Lipinski definition) is 2. The summed E-state index contributed by atoms with van der Waals surface area (Å²) >= 11 is 0. The van der Waals surface area contributed by atoms with Gasteiger partial charge in [-0.05, 0) is 103 Å². The Hall–Kier alpha value is -3.10. The highest BCUT2D eigenvalue weighted by molar-refractivity contribution is 7.45. The standard InChI is InChI=1S/C62H107N2O6P/c1-6-8-10-12-14-16-18-20-22-24-25-26-27-28-29-30-31-32-33-34-35-36-37-38-39-40-42-44-46-48-50-52-54-56-62(66)63-60(59-70-71(67,68)69-58-57-64(3,4)5)61(65)55-53-51-49-47-45-43-41-23-21-19-17-15-13-11-9-7-2/h8,10,14,16,20-23,25-26,28-29,31-32,34-35,45,47,53,55,60-61,65H,6-7,9,11-13,15,17-19,24,27,30,33,36-44,46,48-52,54,56-59H2,1-5H3,(H-,63,66,67,68)/b10-8-,16-14-,22-20-,23-21+,26-25-,29-28-,32-31-,35-34-,47-45+,55-53+. The molecule has 0 bridgehead atoms. The van der Waals surface area contributed by atoms with Crippen LogP contribution >= 0.6 is 7.82 Å². The van der Waals surface area contributed by atoms with Gasteiger partial charge in [-0.3, -0.25) is 9.36 Å². The van der Waals surface area contributed by atoms with Crippen molar-refractivity contribution in [1.82, 2.24) is 5.32 Å². The molecule has 0 spiro atoms. The molecule has 8 nitrogen and oxygen atoms in total. The summed E-state index contributed by atoms with van der Waals surface area (Å²) < 4.78 is 23.3. The lowest BCUT2D eigenvalue weighted by Crippen LogP contribution is -2.45. The second kappa shape index (κ2) is 51.8. The number of allylic oxidation sites excluding steroid dienone is 19. The lowest BCUT2D eigenvalue weighted by molar-refractivity contribution is -0.870. The summed E-state index contributed by atoms with van der Waals surface area (Å²) in [6, 6.07) is -0.919. The van der Waals surface area contributed by atoms with Crippen molar-refractivity contribution in [2.45, 2.75) is 225 Å². The van der Waals surface area contributed by atoms with Gasteiger partial charge in [0.15, 0.2) is 0 Å². The van der Waals surface area contributed by atoms with Crippen LogP contribution in [0.25, 0.3) is 0 Å². The first-order valence-corrected chi connectivity index (χ1v) is 29.9. The van der Waals surface area contributed by atoms with Crippen LogP contribution in [0.5, 0.6) is 0 Å². The molecule has 3 atom stereocenters. The van der Waals surface area contributed by atoms with Crippen molar-refractivity contribution in [1.29, 1.82) is 0 Å². The maximum absolute atomic E-state index is 12.9. The number of amides is 1. The Morgan fingerprint density at radius 3 is 1.31 bits per heavy atom.